The van der Waals surface area contributed by atoms with E-state index in [0.29, 0.717) is 13.1 Å². The fraction of sp³-hybridized carbons (Fsp3) is 0.529. The molecule has 1 aromatic rings. The molecule has 2 heterocycles. The lowest BCUT2D eigenvalue weighted by Crippen LogP contribution is -2.40. The molecule has 1 N–H and O–H groups in total. The lowest BCUT2D eigenvalue weighted by Gasteiger charge is -2.29. The standard InChI is InChI=1S/C17H22N2O3S/c20-17(21)19-5-3-14-2-1-13(11-15(14)4-6-19)12-16(23)18-7-9-22-10-8-18/h1-2,11H,3-10,12H2,(H,20,21). The quantitative estimate of drug-likeness (QED) is 0.838. The molecule has 0 saturated carbocycles. The van der Waals surface area contributed by atoms with E-state index in [1.807, 2.05) is 0 Å². The number of benzene rings is 1. The third-order valence-electron chi connectivity index (χ3n) is 4.56. The first-order valence-electron chi connectivity index (χ1n) is 8.07. The SMILES string of the molecule is O=C(O)N1CCc2ccc(CC(=S)N3CCOCC3)cc2CC1. The second-order valence-electron chi connectivity index (χ2n) is 6.04. The number of thiocarbonyl (C=S) groups is 1. The molecule has 0 bridgehead atoms. The molecule has 0 aromatic heterocycles. The van der Waals surface area contributed by atoms with E-state index in [0.717, 1.165) is 50.6 Å². The highest BCUT2D eigenvalue weighted by molar-refractivity contribution is 7.80. The van der Waals surface area contributed by atoms with Crippen LogP contribution in [0.1, 0.15) is 16.7 Å². The number of ether oxygens (including phenoxy) is 1. The third kappa shape index (κ3) is 4.00. The Morgan fingerprint density at radius 2 is 1.78 bits per heavy atom. The van der Waals surface area contributed by atoms with Crippen molar-refractivity contribution in [3.63, 3.8) is 0 Å². The molecule has 1 aromatic carbocycles. The van der Waals surface area contributed by atoms with Crippen molar-refractivity contribution in [2.24, 2.45) is 0 Å². The smallest absolute Gasteiger partial charge is 0.407 e. The molecule has 5 nitrogen and oxygen atoms in total. The highest BCUT2D eigenvalue weighted by atomic mass is 32.1. The first-order chi connectivity index (χ1) is 11.1. The Hall–Kier alpha value is -1.66. The van der Waals surface area contributed by atoms with Crippen LogP contribution in [0, 0.1) is 0 Å². The van der Waals surface area contributed by atoms with Gasteiger partial charge in [0.2, 0.25) is 0 Å². The number of fused-ring (bicyclic) bond motifs is 1. The number of nitrogens with zero attached hydrogens (tertiary/aromatic N) is 2. The number of morpholine rings is 1. The van der Waals surface area contributed by atoms with Crippen LogP contribution < -0.4 is 0 Å². The number of carbonyl (C=O) groups is 1. The van der Waals surface area contributed by atoms with Gasteiger partial charge in [0.15, 0.2) is 0 Å². The second-order valence-corrected chi connectivity index (χ2v) is 6.51. The minimum absolute atomic E-state index is 0.569. The van der Waals surface area contributed by atoms with Crippen molar-refractivity contribution in [1.82, 2.24) is 9.80 Å². The Balaban J connectivity index is 1.67. The van der Waals surface area contributed by atoms with Gasteiger partial charge in [-0.2, -0.15) is 0 Å². The summed E-state index contributed by atoms with van der Waals surface area (Å²) in [6.07, 6.45) is 1.51. The zero-order valence-electron chi connectivity index (χ0n) is 13.2. The van der Waals surface area contributed by atoms with Gasteiger partial charge >= 0.3 is 6.09 Å². The first-order valence-corrected chi connectivity index (χ1v) is 8.48. The maximum Gasteiger partial charge on any atom is 0.407 e. The summed E-state index contributed by atoms with van der Waals surface area (Å²) in [7, 11) is 0. The molecular weight excluding hydrogens is 312 g/mol. The number of carboxylic acid groups (broad SMARTS) is 1. The van der Waals surface area contributed by atoms with E-state index in [1.165, 1.54) is 21.6 Å². The molecule has 2 aliphatic heterocycles. The van der Waals surface area contributed by atoms with Crippen LogP contribution in [0.3, 0.4) is 0 Å². The fourth-order valence-electron chi connectivity index (χ4n) is 3.18. The summed E-state index contributed by atoms with van der Waals surface area (Å²) in [5.74, 6) is 0. The summed E-state index contributed by atoms with van der Waals surface area (Å²) < 4.78 is 5.36. The van der Waals surface area contributed by atoms with Crippen LogP contribution in [0.2, 0.25) is 0 Å². The van der Waals surface area contributed by atoms with Crippen molar-refractivity contribution >= 4 is 23.3 Å². The van der Waals surface area contributed by atoms with Crippen LogP contribution in [-0.2, 0) is 24.0 Å². The molecule has 3 rings (SSSR count). The molecule has 0 radical (unpaired) electrons. The highest BCUT2D eigenvalue weighted by Gasteiger charge is 2.19. The molecule has 1 saturated heterocycles. The largest absolute Gasteiger partial charge is 0.465 e. The third-order valence-corrected chi connectivity index (χ3v) is 4.96. The van der Waals surface area contributed by atoms with Gasteiger partial charge in [-0.05, 0) is 29.5 Å². The fourth-order valence-corrected chi connectivity index (χ4v) is 3.53. The van der Waals surface area contributed by atoms with Crippen molar-refractivity contribution in [1.29, 1.82) is 0 Å². The Bertz CT molecular complexity index is 600. The van der Waals surface area contributed by atoms with Crippen LogP contribution in [0.15, 0.2) is 18.2 Å². The lowest BCUT2D eigenvalue weighted by molar-refractivity contribution is 0.0684. The van der Waals surface area contributed by atoms with E-state index in [1.54, 1.807) is 0 Å². The van der Waals surface area contributed by atoms with Gasteiger partial charge in [0.1, 0.15) is 0 Å². The van der Waals surface area contributed by atoms with E-state index >= 15 is 0 Å². The second kappa shape index (κ2) is 7.27. The van der Waals surface area contributed by atoms with Crippen LogP contribution in [0.5, 0.6) is 0 Å². The molecule has 6 heteroatoms. The van der Waals surface area contributed by atoms with Gasteiger partial charge in [0, 0.05) is 32.6 Å². The van der Waals surface area contributed by atoms with E-state index in [4.69, 9.17) is 22.1 Å². The molecule has 1 fully saturated rings. The minimum Gasteiger partial charge on any atom is -0.465 e. The van der Waals surface area contributed by atoms with Gasteiger partial charge in [-0.15, -0.1) is 0 Å². The van der Waals surface area contributed by atoms with Gasteiger partial charge in [-0.1, -0.05) is 30.4 Å². The Kier molecular flexibility index (Phi) is 5.13. The average Bonchev–Trinajstić information content (AvgIpc) is 2.78. The van der Waals surface area contributed by atoms with Crippen LogP contribution in [0.4, 0.5) is 4.79 Å². The van der Waals surface area contributed by atoms with Crippen molar-refractivity contribution in [2.45, 2.75) is 19.3 Å². The summed E-state index contributed by atoms with van der Waals surface area (Å²) in [5.41, 5.74) is 3.73. The average molecular weight is 334 g/mol. The Morgan fingerprint density at radius 3 is 2.48 bits per heavy atom. The van der Waals surface area contributed by atoms with Gasteiger partial charge in [-0.3, -0.25) is 0 Å². The van der Waals surface area contributed by atoms with Crippen molar-refractivity contribution < 1.29 is 14.6 Å². The highest BCUT2D eigenvalue weighted by Crippen LogP contribution is 2.19. The summed E-state index contributed by atoms with van der Waals surface area (Å²) in [4.78, 5) is 15.8. The first kappa shape index (κ1) is 16.2. The number of hydrogen-bond acceptors (Lipinski definition) is 3. The Labute approximate surface area is 141 Å². The number of amides is 1. The lowest BCUT2D eigenvalue weighted by atomic mass is 9.98. The monoisotopic (exact) mass is 334 g/mol. The van der Waals surface area contributed by atoms with E-state index in [-0.39, 0.29) is 0 Å². The molecule has 23 heavy (non-hydrogen) atoms. The molecule has 124 valence electrons. The Morgan fingerprint density at radius 1 is 1.09 bits per heavy atom. The zero-order chi connectivity index (χ0) is 16.2. The van der Waals surface area contributed by atoms with Gasteiger partial charge < -0.3 is 19.6 Å². The van der Waals surface area contributed by atoms with E-state index in [2.05, 4.69) is 23.1 Å². The zero-order valence-corrected chi connectivity index (χ0v) is 14.0. The molecule has 0 unspecified atom stereocenters. The van der Waals surface area contributed by atoms with Gasteiger partial charge in [0.05, 0.1) is 18.2 Å². The molecule has 0 atom stereocenters. The number of hydrogen-bond donors (Lipinski definition) is 1. The maximum atomic E-state index is 11.1. The van der Waals surface area contributed by atoms with Gasteiger partial charge in [0.25, 0.3) is 0 Å². The summed E-state index contributed by atoms with van der Waals surface area (Å²) in [6, 6.07) is 6.47. The van der Waals surface area contributed by atoms with Crippen LogP contribution in [0.25, 0.3) is 0 Å². The molecular formula is C17H22N2O3S. The molecule has 2 aliphatic rings. The summed E-state index contributed by atoms with van der Waals surface area (Å²) in [6.45, 7) is 4.38. The normalized spacial score (nSPS) is 18.3. The molecule has 0 aliphatic carbocycles. The van der Waals surface area contributed by atoms with E-state index in [9.17, 15) is 4.79 Å². The summed E-state index contributed by atoms with van der Waals surface area (Å²) in [5, 5.41) is 9.15. The number of rotatable bonds is 2. The molecule has 0 spiro atoms. The predicted octanol–water partition coefficient (Wildman–Crippen LogP) is 1.97. The topological polar surface area (TPSA) is 53.0 Å². The van der Waals surface area contributed by atoms with Gasteiger partial charge in [-0.25, -0.2) is 4.79 Å². The van der Waals surface area contributed by atoms with Crippen LogP contribution >= 0.6 is 12.2 Å². The van der Waals surface area contributed by atoms with Crippen molar-refractivity contribution in [3.05, 3.63) is 34.9 Å². The van der Waals surface area contributed by atoms with Crippen molar-refractivity contribution in [3.8, 4) is 0 Å². The summed E-state index contributed by atoms with van der Waals surface area (Å²) >= 11 is 5.57. The maximum absolute atomic E-state index is 11.1. The van der Waals surface area contributed by atoms with E-state index < -0.39 is 6.09 Å². The molecule has 1 amide bonds. The minimum atomic E-state index is -0.827. The van der Waals surface area contributed by atoms with Crippen molar-refractivity contribution in [2.75, 3.05) is 39.4 Å². The van der Waals surface area contributed by atoms with Crippen LogP contribution in [-0.4, -0.2) is 65.4 Å². The predicted molar refractivity (Wildman–Crippen MR) is 92.1 cm³/mol.